The number of hydrogen-bond acceptors (Lipinski definition) is 9. The molecule has 0 radical (unpaired) electrons. The summed E-state index contributed by atoms with van der Waals surface area (Å²) in [4.78, 5) is 21.5. The van der Waals surface area contributed by atoms with Crippen molar-refractivity contribution >= 4 is 21.6 Å². The van der Waals surface area contributed by atoms with Gasteiger partial charge in [0.05, 0.1) is 18.2 Å². The standard InChI is InChI=1S/C27H35N5O6S/c1-17-13-32(18(2)16-33)27(34)23-12-22(30-39(35,36)26-19(3)29-38-20(26)4)6-7-24(23)37-25(17)15-31(5)14-21-8-10-28-11-9-21/h6-12,17-18,25,30,33H,13-16H2,1-5H3/t17-,18-,25-/m0/s1. The number of aliphatic hydroxyl groups excluding tert-OH is 1. The highest BCUT2D eigenvalue weighted by molar-refractivity contribution is 7.92. The molecular formula is C27H35N5O6S. The molecule has 0 bridgehead atoms. The van der Waals surface area contributed by atoms with Crippen molar-refractivity contribution in [2.24, 2.45) is 5.92 Å². The minimum atomic E-state index is -4.01. The molecule has 1 aliphatic rings. The number of carbonyl (C=O) groups excluding carboxylic acids is 1. The van der Waals surface area contributed by atoms with Crippen LogP contribution in [0.2, 0.25) is 0 Å². The number of hydrogen-bond donors (Lipinski definition) is 2. The van der Waals surface area contributed by atoms with E-state index in [4.69, 9.17) is 9.26 Å². The van der Waals surface area contributed by atoms with E-state index in [-0.39, 0.29) is 52.1 Å². The van der Waals surface area contributed by atoms with Gasteiger partial charge in [-0.1, -0.05) is 12.1 Å². The number of pyridine rings is 1. The Morgan fingerprint density at radius 2 is 1.95 bits per heavy atom. The van der Waals surface area contributed by atoms with Crippen molar-refractivity contribution < 1.29 is 27.6 Å². The summed E-state index contributed by atoms with van der Waals surface area (Å²) in [6.45, 7) is 8.30. The average Bonchev–Trinajstić information content (AvgIpc) is 3.25. The van der Waals surface area contributed by atoms with Crippen LogP contribution < -0.4 is 9.46 Å². The molecule has 11 nitrogen and oxygen atoms in total. The maximum atomic E-state index is 13.7. The van der Waals surface area contributed by atoms with Gasteiger partial charge in [-0.15, -0.1) is 0 Å². The molecule has 2 aromatic heterocycles. The van der Waals surface area contributed by atoms with Crippen molar-refractivity contribution in [1.29, 1.82) is 0 Å². The van der Waals surface area contributed by atoms with Crippen LogP contribution in [0.1, 0.15) is 41.2 Å². The zero-order valence-corrected chi connectivity index (χ0v) is 23.6. The number of likely N-dealkylation sites (N-methyl/N-ethyl adjacent to an activating group) is 1. The lowest BCUT2D eigenvalue weighted by atomic mass is 9.99. The van der Waals surface area contributed by atoms with Gasteiger partial charge in [-0.05, 0) is 63.7 Å². The van der Waals surface area contributed by atoms with Crippen LogP contribution >= 0.6 is 0 Å². The van der Waals surface area contributed by atoms with Gasteiger partial charge in [0.15, 0.2) is 10.7 Å². The Morgan fingerprint density at radius 1 is 1.23 bits per heavy atom. The van der Waals surface area contributed by atoms with E-state index in [0.29, 0.717) is 25.4 Å². The molecule has 2 N–H and O–H groups in total. The molecule has 3 aromatic rings. The zero-order chi connectivity index (χ0) is 28.3. The van der Waals surface area contributed by atoms with Gasteiger partial charge in [-0.25, -0.2) is 8.42 Å². The molecular weight excluding hydrogens is 522 g/mol. The minimum Gasteiger partial charge on any atom is -0.488 e. The number of ether oxygens (including phenoxy) is 1. The molecule has 39 heavy (non-hydrogen) atoms. The van der Waals surface area contributed by atoms with Gasteiger partial charge in [-0.3, -0.25) is 19.4 Å². The molecule has 1 aromatic carbocycles. The first-order valence-corrected chi connectivity index (χ1v) is 14.2. The van der Waals surface area contributed by atoms with Crippen LogP contribution in [0.3, 0.4) is 0 Å². The Hall–Kier alpha value is -3.48. The fraction of sp³-hybridized carbons (Fsp3) is 0.444. The molecule has 0 spiro atoms. The molecule has 1 aliphatic heterocycles. The van der Waals surface area contributed by atoms with Gasteiger partial charge >= 0.3 is 0 Å². The van der Waals surface area contributed by atoms with Gasteiger partial charge in [0.25, 0.3) is 15.9 Å². The van der Waals surface area contributed by atoms with Crippen molar-refractivity contribution in [3.63, 3.8) is 0 Å². The lowest BCUT2D eigenvalue weighted by Gasteiger charge is -2.38. The number of aliphatic hydroxyl groups is 1. The number of amides is 1. The second-order valence-electron chi connectivity index (χ2n) is 10.1. The second kappa shape index (κ2) is 11.7. The van der Waals surface area contributed by atoms with Crippen molar-refractivity contribution in [1.82, 2.24) is 19.9 Å². The largest absolute Gasteiger partial charge is 0.488 e. The number of rotatable bonds is 9. The fourth-order valence-electron chi connectivity index (χ4n) is 4.74. The third-order valence-electron chi connectivity index (χ3n) is 6.85. The summed E-state index contributed by atoms with van der Waals surface area (Å²) in [5, 5.41) is 13.6. The second-order valence-corrected chi connectivity index (χ2v) is 11.8. The molecule has 0 unspecified atom stereocenters. The third kappa shape index (κ3) is 6.40. The highest BCUT2D eigenvalue weighted by Gasteiger charge is 2.34. The maximum Gasteiger partial charge on any atom is 0.267 e. The Labute approximate surface area is 228 Å². The van der Waals surface area contributed by atoms with Crippen LogP contribution in [0.4, 0.5) is 5.69 Å². The van der Waals surface area contributed by atoms with Gasteiger partial charge in [0, 0.05) is 43.6 Å². The topological polar surface area (TPSA) is 138 Å². The number of fused-ring (bicyclic) bond motifs is 1. The molecule has 1 amide bonds. The Kier molecular flexibility index (Phi) is 8.57. The zero-order valence-electron chi connectivity index (χ0n) is 22.8. The van der Waals surface area contributed by atoms with Gasteiger partial charge in [0.1, 0.15) is 17.5 Å². The lowest BCUT2D eigenvalue weighted by Crippen LogP contribution is -2.49. The third-order valence-corrected chi connectivity index (χ3v) is 8.47. The lowest BCUT2D eigenvalue weighted by molar-refractivity contribution is 0.0341. The number of anilines is 1. The van der Waals surface area contributed by atoms with Crippen molar-refractivity contribution in [3.8, 4) is 5.75 Å². The van der Waals surface area contributed by atoms with Crippen molar-refractivity contribution in [2.75, 3.05) is 31.5 Å². The first-order chi connectivity index (χ1) is 18.5. The fourth-order valence-corrected chi connectivity index (χ4v) is 6.12. The van der Waals surface area contributed by atoms with Crippen LogP contribution in [-0.2, 0) is 16.6 Å². The van der Waals surface area contributed by atoms with Gasteiger partial charge in [-0.2, -0.15) is 0 Å². The Morgan fingerprint density at radius 3 is 2.59 bits per heavy atom. The van der Waals surface area contributed by atoms with E-state index in [1.54, 1.807) is 43.3 Å². The van der Waals surface area contributed by atoms with E-state index in [1.165, 1.54) is 13.0 Å². The summed E-state index contributed by atoms with van der Waals surface area (Å²) in [5.41, 5.74) is 1.76. The number of carbonyl (C=O) groups is 1. The summed E-state index contributed by atoms with van der Waals surface area (Å²) in [6, 6.07) is 8.12. The first-order valence-electron chi connectivity index (χ1n) is 12.8. The normalized spacial score (nSPS) is 18.7. The SMILES string of the molecule is Cc1noc(C)c1S(=O)(=O)Nc1ccc2c(c1)C(=O)N([C@@H](C)CO)C[C@H](C)[C@H](CN(C)Cc1ccncc1)O2. The minimum absolute atomic E-state index is 0.0431. The van der Waals surface area contributed by atoms with E-state index >= 15 is 0 Å². The summed E-state index contributed by atoms with van der Waals surface area (Å²) >= 11 is 0. The molecule has 0 saturated carbocycles. The predicted molar refractivity (Wildman–Crippen MR) is 145 cm³/mol. The summed E-state index contributed by atoms with van der Waals surface area (Å²) < 4.78 is 40.1. The highest BCUT2D eigenvalue weighted by Crippen LogP contribution is 2.32. The van der Waals surface area contributed by atoms with E-state index in [2.05, 4.69) is 19.8 Å². The van der Waals surface area contributed by atoms with E-state index < -0.39 is 16.1 Å². The van der Waals surface area contributed by atoms with E-state index in [0.717, 1.165) is 5.56 Å². The predicted octanol–water partition coefficient (Wildman–Crippen LogP) is 2.84. The Balaban J connectivity index is 1.65. The number of aromatic nitrogens is 2. The number of sulfonamides is 1. The van der Waals surface area contributed by atoms with Crippen LogP contribution in [0.5, 0.6) is 5.75 Å². The summed E-state index contributed by atoms with van der Waals surface area (Å²) in [7, 11) is -2.01. The molecule has 12 heteroatoms. The number of nitrogens with one attached hydrogen (secondary N) is 1. The molecule has 0 fully saturated rings. The number of benzene rings is 1. The molecule has 0 saturated heterocycles. The molecule has 210 valence electrons. The van der Waals surface area contributed by atoms with Gasteiger partial charge < -0.3 is 19.3 Å². The maximum absolute atomic E-state index is 13.7. The van der Waals surface area contributed by atoms with Crippen LogP contribution in [0, 0.1) is 19.8 Å². The Bertz CT molecular complexity index is 1390. The monoisotopic (exact) mass is 557 g/mol. The molecule has 3 heterocycles. The van der Waals surface area contributed by atoms with Crippen LogP contribution in [0.25, 0.3) is 0 Å². The first kappa shape index (κ1) is 28.5. The smallest absolute Gasteiger partial charge is 0.267 e. The van der Waals surface area contributed by atoms with Crippen molar-refractivity contribution in [3.05, 3.63) is 65.3 Å². The van der Waals surface area contributed by atoms with E-state index in [1.807, 2.05) is 26.1 Å². The van der Waals surface area contributed by atoms with Crippen LogP contribution in [-0.4, -0.2) is 78.3 Å². The highest BCUT2D eigenvalue weighted by atomic mass is 32.2. The summed E-state index contributed by atoms with van der Waals surface area (Å²) in [5.74, 6) is 0.125. The average molecular weight is 558 g/mol. The number of nitrogens with zero attached hydrogens (tertiary/aromatic N) is 4. The van der Waals surface area contributed by atoms with Crippen molar-refractivity contribution in [2.45, 2.75) is 51.3 Å². The molecule has 3 atom stereocenters. The van der Waals surface area contributed by atoms with Crippen LogP contribution in [0.15, 0.2) is 52.1 Å². The quantitative estimate of drug-likeness (QED) is 0.407. The number of aryl methyl sites for hydroxylation is 2. The molecule has 4 rings (SSSR count). The summed E-state index contributed by atoms with van der Waals surface area (Å²) in [6.07, 6.45) is 3.24. The van der Waals surface area contributed by atoms with E-state index in [9.17, 15) is 18.3 Å². The van der Waals surface area contributed by atoms with Gasteiger partial charge in [0.2, 0.25) is 0 Å². The molecule has 0 aliphatic carbocycles.